The summed E-state index contributed by atoms with van der Waals surface area (Å²) in [6.45, 7) is 7.98. The van der Waals surface area contributed by atoms with Crippen molar-refractivity contribution < 1.29 is 9.84 Å². The van der Waals surface area contributed by atoms with Crippen LogP contribution < -0.4 is 5.32 Å². The Morgan fingerprint density at radius 1 is 1.56 bits per heavy atom. The van der Waals surface area contributed by atoms with Gasteiger partial charge in [-0.15, -0.1) is 0 Å². The Hall–Kier alpha value is -0.160. The highest BCUT2D eigenvalue weighted by Crippen LogP contribution is 2.14. The van der Waals surface area contributed by atoms with Crippen molar-refractivity contribution in [1.82, 2.24) is 10.2 Å². The van der Waals surface area contributed by atoms with E-state index in [1.807, 2.05) is 0 Å². The lowest BCUT2D eigenvalue weighted by Gasteiger charge is -2.32. The van der Waals surface area contributed by atoms with E-state index >= 15 is 0 Å². The number of nitrogens with zero attached hydrogens (tertiary/aromatic N) is 1. The van der Waals surface area contributed by atoms with Gasteiger partial charge in [0.2, 0.25) is 0 Å². The Labute approximate surface area is 99.0 Å². The Kier molecular flexibility index (Phi) is 5.69. The van der Waals surface area contributed by atoms with Crippen molar-refractivity contribution >= 4 is 0 Å². The van der Waals surface area contributed by atoms with E-state index in [0.717, 1.165) is 39.1 Å². The molecule has 0 aliphatic carbocycles. The number of rotatable bonds is 7. The molecule has 96 valence electrons. The topological polar surface area (TPSA) is 44.7 Å². The molecule has 1 fully saturated rings. The van der Waals surface area contributed by atoms with E-state index in [-0.39, 0.29) is 12.1 Å². The second kappa shape index (κ2) is 6.55. The lowest BCUT2D eigenvalue weighted by Crippen LogP contribution is -2.48. The molecule has 2 N–H and O–H groups in total. The van der Waals surface area contributed by atoms with E-state index in [9.17, 15) is 5.11 Å². The van der Waals surface area contributed by atoms with E-state index in [1.54, 1.807) is 0 Å². The largest absolute Gasteiger partial charge is 0.394 e. The molecule has 2 unspecified atom stereocenters. The molecule has 2 atom stereocenters. The summed E-state index contributed by atoms with van der Waals surface area (Å²) in [5, 5.41) is 12.7. The maximum absolute atomic E-state index is 9.39. The predicted octanol–water partition coefficient (Wildman–Crippen LogP) is 0.458. The molecule has 1 aliphatic rings. The molecular formula is C12H26N2O2. The second-order valence-electron chi connectivity index (χ2n) is 5.00. The van der Waals surface area contributed by atoms with Gasteiger partial charge in [0.15, 0.2) is 0 Å². The fourth-order valence-electron chi connectivity index (χ4n) is 2.13. The molecule has 0 amide bonds. The molecular weight excluding hydrogens is 204 g/mol. The lowest BCUT2D eigenvalue weighted by molar-refractivity contribution is 0.129. The molecule has 4 heteroatoms. The van der Waals surface area contributed by atoms with Crippen LogP contribution in [0.1, 0.15) is 26.7 Å². The molecule has 0 radical (unpaired) electrons. The van der Waals surface area contributed by atoms with Gasteiger partial charge in [-0.05, 0) is 33.4 Å². The minimum Gasteiger partial charge on any atom is -0.394 e. The smallest absolute Gasteiger partial charge is 0.0622 e. The normalized spacial score (nSPS) is 24.9. The van der Waals surface area contributed by atoms with Gasteiger partial charge in [0.1, 0.15) is 0 Å². The van der Waals surface area contributed by atoms with Crippen LogP contribution in [0.3, 0.4) is 0 Å². The zero-order valence-corrected chi connectivity index (χ0v) is 10.8. The van der Waals surface area contributed by atoms with Crippen LogP contribution in [-0.4, -0.2) is 61.5 Å². The number of aliphatic hydroxyl groups is 1. The monoisotopic (exact) mass is 230 g/mol. The van der Waals surface area contributed by atoms with Gasteiger partial charge >= 0.3 is 0 Å². The van der Waals surface area contributed by atoms with Gasteiger partial charge in [0.25, 0.3) is 0 Å². The number of hydrogen-bond acceptors (Lipinski definition) is 4. The van der Waals surface area contributed by atoms with Gasteiger partial charge < -0.3 is 20.1 Å². The van der Waals surface area contributed by atoms with E-state index in [4.69, 9.17) is 4.74 Å². The number of ether oxygens (including phenoxy) is 1. The predicted molar refractivity (Wildman–Crippen MR) is 65.6 cm³/mol. The van der Waals surface area contributed by atoms with Gasteiger partial charge in [-0.1, -0.05) is 6.92 Å². The van der Waals surface area contributed by atoms with Crippen molar-refractivity contribution in [2.24, 2.45) is 0 Å². The van der Waals surface area contributed by atoms with Crippen LogP contribution in [0.15, 0.2) is 0 Å². The first kappa shape index (κ1) is 13.9. The van der Waals surface area contributed by atoms with Crippen LogP contribution in [0.4, 0.5) is 0 Å². The molecule has 16 heavy (non-hydrogen) atoms. The van der Waals surface area contributed by atoms with Crippen molar-refractivity contribution in [2.45, 2.75) is 38.3 Å². The highest BCUT2D eigenvalue weighted by molar-refractivity contribution is 4.84. The Morgan fingerprint density at radius 3 is 2.81 bits per heavy atom. The summed E-state index contributed by atoms with van der Waals surface area (Å²) >= 11 is 0. The van der Waals surface area contributed by atoms with Gasteiger partial charge in [0, 0.05) is 24.7 Å². The van der Waals surface area contributed by atoms with Crippen molar-refractivity contribution in [3.8, 4) is 0 Å². The fraction of sp³-hybridized carbons (Fsp3) is 1.00. The molecule has 1 rings (SSSR count). The summed E-state index contributed by atoms with van der Waals surface area (Å²) in [6, 6.07) is 0.560. The highest BCUT2D eigenvalue weighted by Gasteiger charge is 2.25. The van der Waals surface area contributed by atoms with E-state index in [2.05, 4.69) is 31.1 Å². The summed E-state index contributed by atoms with van der Waals surface area (Å²) in [5.41, 5.74) is -0.150. The maximum atomic E-state index is 9.39. The van der Waals surface area contributed by atoms with Crippen molar-refractivity contribution in [1.29, 1.82) is 0 Å². The molecule has 1 aliphatic heterocycles. The molecule has 0 aromatic carbocycles. The first-order chi connectivity index (χ1) is 7.61. The summed E-state index contributed by atoms with van der Waals surface area (Å²) in [4.78, 5) is 2.35. The molecule has 0 aromatic rings. The summed E-state index contributed by atoms with van der Waals surface area (Å²) in [5.74, 6) is 0. The maximum Gasteiger partial charge on any atom is 0.0622 e. The van der Waals surface area contributed by atoms with Gasteiger partial charge in [-0.25, -0.2) is 0 Å². The SMILES string of the molecule is CCNC(C)(CO)CCN(C)C1CCOC1. The van der Waals surface area contributed by atoms with E-state index < -0.39 is 0 Å². The second-order valence-corrected chi connectivity index (χ2v) is 5.00. The molecule has 0 bridgehead atoms. The van der Waals surface area contributed by atoms with Gasteiger partial charge in [-0.2, -0.15) is 0 Å². The first-order valence-electron chi connectivity index (χ1n) is 6.25. The molecule has 4 nitrogen and oxygen atoms in total. The van der Waals surface area contributed by atoms with Crippen LogP contribution >= 0.6 is 0 Å². The van der Waals surface area contributed by atoms with Crippen LogP contribution in [0.2, 0.25) is 0 Å². The number of aliphatic hydroxyl groups excluding tert-OH is 1. The van der Waals surface area contributed by atoms with Crippen molar-refractivity contribution in [3.05, 3.63) is 0 Å². The molecule has 1 saturated heterocycles. The summed E-state index contributed by atoms with van der Waals surface area (Å²) in [7, 11) is 2.14. The number of nitrogens with one attached hydrogen (secondary N) is 1. The Morgan fingerprint density at radius 2 is 2.31 bits per heavy atom. The molecule has 1 heterocycles. The third-order valence-corrected chi connectivity index (χ3v) is 3.50. The van der Waals surface area contributed by atoms with Crippen LogP contribution in [0.5, 0.6) is 0 Å². The molecule has 0 aromatic heterocycles. The fourth-order valence-corrected chi connectivity index (χ4v) is 2.13. The Bertz CT molecular complexity index is 195. The van der Waals surface area contributed by atoms with Gasteiger partial charge in [-0.3, -0.25) is 0 Å². The minimum absolute atomic E-state index is 0.150. The summed E-state index contributed by atoms with van der Waals surface area (Å²) in [6.07, 6.45) is 2.10. The van der Waals surface area contributed by atoms with Crippen LogP contribution in [0, 0.1) is 0 Å². The average molecular weight is 230 g/mol. The standard InChI is InChI=1S/C12H26N2O2/c1-4-13-12(2,10-15)6-7-14(3)11-5-8-16-9-11/h11,13,15H,4-10H2,1-3H3. The van der Waals surface area contributed by atoms with Crippen LogP contribution in [0.25, 0.3) is 0 Å². The zero-order chi connectivity index (χ0) is 12.0. The number of likely N-dealkylation sites (N-methyl/N-ethyl adjacent to an activating group) is 2. The quantitative estimate of drug-likeness (QED) is 0.667. The number of hydrogen-bond donors (Lipinski definition) is 2. The minimum atomic E-state index is -0.150. The average Bonchev–Trinajstić information content (AvgIpc) is 2.80. The van der Waals surface area contributed by atoms with Crippen molar-refractivity contribution in [2.75, 3.05) is 40.0 Å². The Balaban J connectivity index is 2.30. The van der Waals surface area contributed by atoms with Crippen LogP contribution in [-0.2, 0) is 4.74 Å². The van der Waals surface area contributed by atoms with Gasteiger partial charge in [0.05, 0.1) is 13.2 Å². The summed E-state index contributed by atoms with van der Waals surface area (Å²) < 4.78 is 5.38. The zero-order valence-electron chi connectivity index (χ0n) is 10.8. The molecule has 0 spiro atoms. The van der Waals surface area contributed by atoms with E-state index in [0.29, 0.717) is 6.04 Å². The highest BCUT2D eigenvalue weighted by atomic mass is 16.5. The lowest BCUT2D eigenvalue weighted by atomic mass is 9.98. The molecule has 0 saturated carbocycles. The first-order valence-corrected chi connectivity index (χ1v) is 6.25. The third-order valence-electron chi connectivity index (χ3n) is 3.50. The third kappa shape index (κ3) is 4.01. The van der Waals surface area contributed by atoms with E-state index in [1.165, 1.54) is 0 Å². The van der Waals surface area contributed by atoms with Crippen molar-refractivity contribution in [3.63, 3.8) is 0 Å².